The number of ether oxygens (including phenoxy) is 1. The Labute approximate surface area is 210 Å². The molecule has 0 saturated carbocycles. The Hall–Kier alpha value is -4.52. The molecule has 0 spiro atoms. The van der Waals surface area contributed by atoms with Crippen LogP contribution in [0.2, 0.25) is 0 Å². The minimum Gasteiger partial charge on any atom is -0.494 e. The second kappa shape index (κ2) is 12.8. The van der Waals surface area contributed by atoms with Gasteiger partial charge in [0.1, 0.15) is 11.5 Å². The van der Waals surface area contributed by atoms with Crippen molar-refractivity contribution in [3.63, 3.8) is 0 Å². The first-order valence-corrected chi connectivity index (χ1v) is 11.9. The molecule has 36 heavy (non-hydrogen) atoms. The van der Waals surface area contributed by atoms with E-state index in [9.17, 15) is 9.59 Å². The van der Waals surface area contributed by atoms with Crippen LogP contribution in [-0.4, -0.2) is 25.0 Å². The van der Waals surface area contributed by atoms with Crippen molar-refractivity contribution in [2.45, 2.75) is 19.4 Å². The van der Waals surface area contributed by atoms with Crippen molar-refractivity contribution in [2.24, 2.45) is 0 Å². The van der Waals surface area contributed by atoms with Crippen LogP contribution in [0.5, 0.6) is 5.75 Å². The molecule has 0 aliphatic heterocycles. The number of rotatable bonds is 12. The van der Waals surface area contributed by atoms with Crippen LogP contribution >= 0.6 is 0 Å². The molecule has 7 nitrogen and oxygen atoms in total. The average molecular weight is 484 g/mol. The number of anilines is 2. The van der Waals surface area contributed by atoms with E-state index in [4.69, 9.17) is 9.15 Å². The zero-order valence-electron chi connectivity index (χ0n) is 19.9. The lowest BCUT2D eigenvalue weighted by molar-refractivity contribution is -0.114. The lowest BCUT2D eigenvalue weighted by Gasteiger charge is -2.10. The molecule has 3 aromatic carbocycles. The van der Waals surface area contributed by atoms with Gasteiger partial charge in [-0.25, -0.2) is 0 Å². The number of amides is 2. The van der Waals surface area contributed by atoms with Gasteiger partial charge in [0, 0.05) is 16.9 Å². The molecule has 4 rings (SSSR count). The predicted molar refractivity (Wildman–Crippen MR) is 140 cm³/mol. The number of carbonyl (C=O) groups excluding carboxylic acids is 2. The SMILES string of the molecule is O=C(CNc1ccc(OCCCc2ccccc2)cc1)Nc1cccc(C(=O)NCc2ccco2)c1. The minimum atomic E-state index is -0.247. The fourth-order valence-electron chi connectivity index (χ4n) is 3.59. The summed E-state index contributed by atoms with van der Waals surface area (Å²) in [5, 5.41) is 8.70. The summed E-state index contributed by atoms with van der Waals surface area (Å²) in [7, 11) is 0. The third kappa shape index (κ3) is 7.77. The molecule has 184 valence electrons. The van der Waals surface area contributed by atoms with Crippen LogP contribution < -0.4 is 20.7 Å². The molecule has 0 aliphatic rings. The summed E-state index contributed by atoms with van der Waals surface area (Å²) in [5.74, 6) is 0.995. The number of carbonyl (C=O) groups is 2. The Bertz CT molecular complexity index is 1240. The van der Waals surface area contributed by atoms with Crippen LogP contribution in [0.4, 0.5) is 11.4 Å². The van der Waals surface area contributed by atoms with Crippen molar-refractivity contribution in [1.82, 2.24) is 5.32 Å². The van der Waals surface area contributed by atoms with E-state index in [0.717, 1.165) is 24.3 Å². The molecule has 0 atom stereocenters. The molecular weight excluding hydrogens is 454 g/mol. The van der Waals surface area contributed by atoms with Crippen molar-refractivity contribution in [2.75, 3.05) is 23.8 Å². The summed E-state index contributed by atoms with van der Waals surface area (Å²) < 4.78 is 11.0. The van der Waals surface area contributed by atoms with E-state index in [0.29, 0.717) is 30.2 Å². The molecule has 3 N–H and O–H groups in total. The van der Waals surface area contributed by atoms with Gasteiger partial charge in [-0.15, -0.1) is 0 Å². The Balaban J connectivity index is 1.17. The maximum absolute atomic E-state index is 12.4. The third-order valence-electron chi connectivity index (χ3n) is 5.44. The lowest BCUT2D eigenvalue weighted by Crippen LogP contribution is -2.24. The summed E-state index contributed by atoms with van der Waals surface area (Å²) in [6.45, 7) is 1.03. The largest absolute Gasteiger partial charge is 0.494 e. The molecule has 4 aromatic rings. The molecule has 1 aromatic heterocycles. The number of nitrogens with one attached hydrogen (secondary N) is 3. The fourth-order valence-corrected chi connectivity index (χ4v) is 3.59. The van der Waals surface area contributed by atoms with Crippen molar-refractivity contribution in [3.8, 4) is 5.75 Å². The highest BCUT2D eigenvalue weighted by molar-refractivity contribution is 5.98. The van der Waals surface area contributed by atoms with Gasteiger partial charge in [0.25, 0.3) is 5.91 Å². The first-order valence-electron chi connectivity index (χ1n) is 11.9. The first kappa shape index (κ1) is 24.6. The van der Waals surface area contributed by atoms with Gasteiger partial charge in [-0.05, 0) is 73.0 Å². The van der Waals surface area contributed by atoms with E-state index < -0.39 is 0 Å². The average Bonchev–Trinajstić information content (AvgIpc) is 3.44. The molecule has 2 amide bonds. The van der Waals surface area contributed by atoms with Gasteiger partial charge >= 0.3 is 0 Å². The van der Waals surface area contributed by atoms with Crippen LogP contribution in [0.3, 0.4) is 0 Å². The van der Waals surface area contributed by atoms with Crippen LogP contribution in [0.25, 0.3) is 0 Å². The molecule has 0 bridgehead atoms. The van der Waals surface area contributed by atoms with E-state index in [1.54, 1.807) is 42.7 Å². The maximum Gasteiger partial charge on any atom is 0.251 e. The summed E-state index contributed by atoms with van der Waals surface area (Å²) in [4.78, 5) is 24.8. The summed E-state index contributed by atoms with van der Waals surface area (Å²) >= 11 is 0. The van der Waals surface area contributed by atoms with Crippen molar-refractivity contribution < 1.29 is 18.7 Å². The van der Waals surface area contributed by atoms with Crippen molar-refractivity contribution >= 4 is 23.2 Å². The zero-order valence-corrected chi connectivity index (χ0v) is 19.9. The van der Waals surface area contributed by atoms with Gasteiger partial charge in [0.05, 0.1) is 26.0 Å². The van der Waals surface area contributed by atoms with Gasteiger partial charge < -0.3 is 25.1 Å². The quantitative estimate of drug-likeness (QED) is 0.239. The van der Waals surface area contributed by atoms with Crippen molar-refractivity contribution in [1.29, 1.82) is 0 Å². The Morgan fingerprint density at radius 2 is 1.67 bits per heavy atom. The topological polar surface area (TPSA) is 92.6 Å². The Morgan fingerprint density at radius 3 is 2.44 bits per heavy atom. The highest BCUT2D eigenvalue weighted by Crippen LogP contribution is 2.16. The molecule has 7 heteroatoms. The molecule has 0 aliphatic carbocycles. The second-order valence-corrected chi connectivity index (χ2v) is 8.21. The third-order valence-corrected chi connectivity index (χ3v) is 5.44. The van der Waals surface area contributed by atoms with Gasteiger partial charge in [-0.1, -0.05) is 36.4 Å². The summed E-state index contributed by atoms with van der Waals surface area (Å²) in [6.07, 6.45) is 3.48. The predicted octanol–water partition coefficient (Wildman–Crippen LogP) is 5.27. The van der Waals surface area contributed by atoms with Gasteiger partial charge in [-0.2, -0.15) is 0 Å². The fraction of sp³-hybridized carbons (Fsp3) is 0.172. The zero-order chi connectivity index (χ0) is 25.0. The first-order chi connectivity index (χ1) is 17.7. The molecule has 0 radical (unpaired) electrons. The van der Waals surface area contributed by atoms with E-state index in [1.807, 2.05) is 42.5 Å². The van der Waals surface area contributed by atoms with E-state index >= 15 is 0 Å². The van der Waals surface area contributed by atoms with Crippen LogP contribution in [-0.2, 0) is 17.8 Å². The Kier molecular flexibility index (Phi) is 8.75. The molecule has 1 heterocycles. The molecule has 0 unspecified atom stereocenters. The monoisotopic (exact) mass is 483 g/mol. The van der Waals surface area contributed by atoms with Crippen LogP contribution in [0, 0.1) is 0 Å². The highest BCUT2D eigenvalue weighted by Gasteiger charge is 2.09. The molecule has 0 saturated heterocycles. The van der Waals surface area contributed by atoms with Gasteiger partial charge in [0.15, 0.2) is 0 Å². The standard InChI is InChI=1S/C29H29N3O4/c33-28(32-25-11-4-10-23(19-25)29(34)31-20-27-12-6-18-36-27)21-30-24-13-15-26(16-14-24)35-17-5-9-22-7-2-1-3-8-22/h1-4,6-8,10-16,18-19,30H,5,9,17,20-21H2,(H,31,34)(H,32,33). The molecule has 0 fully saturated rings. The number of benzene rings is 3. The van der Waals surface area contributed by atoms with E-state index in [2.05, 4.69) is 28.1 Å². The lowest BCUT2D eigenvalue weighted by atomic mass is 10.1. The number of furan rings is 1. The summed E-state index contributed by atoms with van der Waals surface area (Å²) in [6, 6.07) is 28.2. The van der Waals surface area contributed by atoms with Crippen LogP contribution in [0.1, 0.15) is 28.1 Å². The van der Waals surface area contributed by atoms with Crippen LogP contribution in [0.15, 0.2) is 102 Å². The second-order valence-electron chi connectivity index (χ2n) is 8.21. The summed E-state index contributed by atoms with van der Waals surface area (Å²) in [5.41, 5.74) is 3.12. The number of aryl methyl sites for hydroxylation is 1. The van der Waals surface area contributed by atoms with Gasteiger partial charge in [0.2, 0.25) is 5.91 Å². The number of hydrogen-bond acceptors (Lipinski definition) is 5. The highest BCUT2D eigenvalue weighted by atomic mass is 16.5. The Morgan fingerprint density at radius 1 is 0.833 bits per heavy atom. The van der Waals surface area contributed by atoms with E-state index in [1.165, 1.54) is 5.56 Å². The number of hydrogen-bond donors (Lipinski definition) is 3. The smallest absolute Gasteiger partial charge is 0.251 e. The van der Waals surface area contributed by atoms with E-state index in [-0.39, 0.29) is 18.4 Å². The maximum atomic E-state index is 12.4. The normalized spacial score (nSPS) is 10.4. The van der Waals surface area contributed by atoms with Crippen molar-refractivity contribution in [3.05, 3.63) is 114 Å². The minimum absolute atomic E-state index is 0.0895. The van der Waals surface area contributed by atoms with Gasteiger partial charge in [-0.3, -0.25) is 9.59 Å². The molecular formula is C29H29N3O4.